The van der Waals surface area contributed by atoms with Crippen LogP contribution in [-0.2, 0) is 0 Å². The standard InChI is InChI=1S/C17H19Cl2N3O/c1-10(2)22-11(3)7-13(12(22)4)9-20-21-17(23)15-8-14(18)5-6-16(15)19/h5-10H,1-4H3,(H,21,23)/b20-9-. The predicted octanol–water partition coefficient (Wildman–Crippen LogP) is 4.76. The molecule has 4 nitrogen and oxygen atoms in total. The Balaban J connectivity index is 2.15. The van der Waals surface area contributed by atoms with Gasteiger partial charge in [0.25, 0.3) is 5.91 Å². The second-order valence-corrected chi connectivity index (χ2v) is 6.46. The summed E-state index contributed by atoms with van der Waals surface area (Å²) in [5, 5.41) is 4.81. The van der Waals surface area contributed by atoms with E-state index in [4.69, 9.17) is 23.2 Å². The lowest BCUT2D eigenvalue weighted by Crippen LogP contribution is -2.18. The average Bonchev–Trinajstić information content (AvgIpc) is 2.76. The van der Waals surface area contributed by atoms with Crippen LogP contribution in [0, 0.1) is 13.8 Å². The number of rotatable bonds is 4. The number of amides is 1. The lowest BCUT2D eigenvalue weighted by molar-refractivity contribution is 0.0955. The fraction of sp³-hybridized carbons (Fsp3) is 0.294. The minimum Gasteiger partial charge on any atom is -0.346 e. The van der Waals surface area contributed by atoms with Crippen LogP contribution in [0.25, 0.3) is 0 Å². The number of hydrazone groups is 1. The number of hydrogen-bond donors (Lipinski definition) is 1. The van der Waals surface area contributed by atoms with Crippen molar-refractivity contribution in [1.82, 2.24) is 9.99 Å². The average molecular weight is 352 g/mol. The van der Waals surface area contributed by atoms with Crippen LogP contribution in [0.5, 0.6) is 0 Å². The van der Waals surface area contributed by atoms with Crippen LogP contribution >= 0.6 is 23.2 Å². The number of halogens is 2. The Labute approximate surface area is 146 Å². The Morgan fingerprint density at radius 2 is 1.96 bits per heavy atom. The Bertz CT molecular complexity index is 763. The third-order valence-electron chi connectivity index (χ3n) is 3.58. The number of carbonyl (C=O) groups excluding carboxylic acids is 1. The number of benzene rings is 1. The van der Waals surface area contributed by atoms with E-state index in [0.717, 1.165) is 17.0 Å². The topological polar surface area (TPSA) is 46.4 Å². The van der Waals surface area contributed by atoms with Gasteiger partial charge < -0.3 is 4.57 Å². The maximum atomic E-state index is 12.1. The lowest BCUT2D eigenvalue weighted by atomic mass is 10.2. The van der Waals surface area contributed by atoms with Gasteiger partial charge in [-0.1, -0.05) is 23.2 Å². The molecule has 6 heteroatoms. The molecule has 23 heavy (non-hydrogen) atoms. The van der Waals surface area contributed by atoms with Crippen molar-refractivity contribution in [2.45, 2.75) is 33.7 Å². The number of carbonyl (C=O) groups is 1. The van der Waals surface area contributed by atoms with E-state index in [2.05, 4.69) is 35.9 Å². The van der Waals surface area contributed by atoms with Crippen LogP contribution in [0.3, 0.4) is 0 Å². The van der Waals surface area contributed by atoms with Gasteiger partial charge in [0.2, 0.25) is 0 Å². The van der Waals surface area contributed by atoms with Crippen LogP contribution in [0.1, 0.15) is 47.2 Å². The Morgan fingerprint density at radius 1 is 1.26 bits per heavy atom. The molecule has 0 spiro atoms. The zero-order chi connectivity index (χ0) is 17.1. The summed E-state index contributed by atoms with van der Waals surface area (Å²) >= 11 is 11.9. The summed E-state index contributed by atoms with van der Waals surface area (Å²) in [7, 11) is 0. The Kier molecular flexibility index (Phi) is 5.50. The first kappa shape index (κ1) is 17.6. The Hall–Kier alpha value is -1.78. The van der Waals surface area contributed by atoms with Gasteiger partial charge in [-0.3, -0.25) is 4.79 Å². The molecular formula is C17H19Cl2N3O. The van der Waals surface area contributed by atoms with Crippen molar-refractivity contribution in [3.05, 3.63) is 56.8 Å². The largest absolute Gasteiger partial charge is 0.346 e. The third kappa shape index (κ3) is 3.95. The molecular weight excluding hydrogens is 333 g/mol. The van der Waals surface area contributed by atoms with Gasteiger partial charge in [-0.05, 0) is 52.0 Å². The van der Waals surface area contributed by atoms with Gasteiger partial charge in [0.05, 0.1) is 16.8 Å². The molecule has 0 radical (unpaired) electrons. The summed E-state index contributed by atoms with van der Waals surface area (Å²) in [5.41, 5.74) is 6.00. The van der Waals surface area contributed by atoms with Gasteiger partial charge >= 0.3 is 0 Å². The predicted molar refractivity (Wildman–Crippen MR) is 95.8 cm³/mol. The van der Waals surface area contributed by atoms with E-state index in [0.29, 0.717) is 21.7 Å². The number of aryl methyl sites for hydroxylation is 1. The van der Waals surface area contributed by atoms with Crippen LogP contribution in [0.2, 0.25) is 10.0 Å². The van der Waals surface area contributed by atoms with E-state index < -0.39 is 5.91 Å². The van der Waals surface area contributed by atoms with Crippen molar-refractivity contribution < 1.29 is 4.79 Å². The first-order chi connectivity index (χ1) is 10.8. The second-order valence-electron chi connectivity index (χ2n) is 5.61. The van der Waals surface area contributed by atoms with Gasteiger partial charge in [-0.2, -0.15) is 5.10 Å². The highest BCUT2D eigenvalue weighted by atomic mass is 35.5. The lowest BCUT2D eigenvalue weighted by Gasteiger charge is -2.13. The van der Waals surface area contributed by atoms with Crippen molar-refractivity contribution in [2.75, 3.05) is 0 Å². The van der Waals surface area contributed by atoms with Gasteiger partial charge in [0.1, 0.15) is 0 Å². The van der Waals surface area contributed by atoms with Crippen LogP contribution < -0.4 is 5.43 Å². The summed E-state index contributed by atoms with van der Waals surface area (Å²) < 4.78 is 2.22. The van der Waals surface area contributed by atoms with Crippen LogP contribution in [-0.4, -0.2) is 16.7 Å². The molecule has 2 aromatic rings. The van der Waals surface area contributed by atoms with Crippen molar-refractivity contribution >= 4 is 35.3 Å². The maximum absolute atomic E-state index is 12.1. The maximum Gasteiger partial charge on any atom is 0.272 e. The van der Waals surface area contributed by atoms with E-state index in [1.165, 1.54) is 6.07 Å². The van der Waals surface area contributed by atoms with Gasteiger partial charge in [0.15, 0.2) is 0 Å². The number of aromatic nitrogens is 1. The SMILES string of the molecule is Cc1cc(/C=N\NC(=O)c2cc(Cl)ccc2Cl)c(C)n1C(C)C. The van der Waals surface area contributed by atoms with Crippen molar-refractivity contribution in [3.63, 3.8) is 0 Å². The second kappa shape index (κ2) is 7.20. The molecule has 1 N–H and O–H groups in total. The number of nitrogens with zero attached hydrogens (tertiary/aromatic N) is 2. The molecule has 1 amide bonds. The highest BCUT2D eigenvalue weighted by Gasteiger charge is 2.11. The van der Waals surface area contributed by atoms with Crippen molar-refractivity contribution in [3.8, 4) is 0 Å². The quantitative estimate of drug-likeness (QED) is 0.626. The van der Waals surface area contributed by atoms with Gasteiger partial charge in [0, 0.05) is 28.0 Å². The monoisotopic (exact) mass is 351 g/mol. The zero-order valence-corrected chi connectivity index (χ0v) is 15.0. The molecule has 1 heterocycles. The summed E-state index contributed by atoms with van der Waals surface area (Å²) in [6, 6.07) is 7.14. The van der Waals surface area contributed by atoms with Crippen LogP contribution in [0.15, 0.2) is 29.4 Å². The summed E-state index contributed by atoms with van der Waals surface area (Å²) in [5.74, 6) is -0.397. The number of hydrogen-bond acceptors (Lipinski definition) is 2. The van der Waals surface area contributed by atoms with E-state index in [1.807, 2.05) is 13.0 Å². The summed E-state index contributed by atoms with van der Waals surface area (Å²) in [6.07, 6.45) is 1.64. The molecule has 0 aliphatic rings. The molecule has 122 valence electrons. The normalized spacial score (nSPS) is 11.4. The molecule has 2 rings (SSSR count). The van der Waals surface area contributed by atoms with Crippen molar-refractivity contribution in [1.29, 1.82) is 0 Å². The molecule has 0 atom stereocenters. The molecule has 1 aromatic carbocycles. The van der Waals surface area contributed by atoms with E-state index in [9.17, 15) is 4.79 Å². The van der Waals surface area contributed by atoms with E-state index in [1.54, 1.807) is 18.3 Å². The first-order valence-electron chi connectivity index (χ1n) is 7.28. The minimum absolute atomic E-state index is 0.295. The molecule has 0 aliphatic carbocycles. The molecule has 0 aliphatic heterocycles. The smallest absolute Gasteiger partial charge is 0.272 e. The molecule has 0 saturated heterocycles. The summed E-state index contributed by atoms with van der Waals surface area (Å²) in [6.45, 7) is 8.34. The van der Waals surface area contributed by atoms with Gasteiger partial charge in [-0.25, -0.2) is 5.43 Å². The van der Waals surface area contributed by atoms with Crippen LogP contribution in [0.4, 0.5) is 0 Å². The Morgan fingerprint density at radius 3 is 2.57 bits per heavy atom. The fourth-order valence-electron chi connectivity index (χ4n) is 2.62. The zero-order valence-electron chi connectivity index (χ0n) is 13.5. The third-order valence-corrected chi connectivity index (χ3v) is 4.15. The number of nitrogens with one attached hydrogen (secondary N) is 1. The van der Waals surface area contributed by atoms with E-state index in [-0.39, 0.29) is 0 Å². The molecule has 0 unspecified atom stereocenters. The van der Waals surface area contributed by atoms with Gasteiger partial charge in [-0.15, -0.1) is 0 Å². The molecule has 0 saturated carbocycles. The molecule has 1 aromatic heterocycles. The minimum atomic E-state index is -0.397. The van der Waals surface area contributed by atoms with E-state index >= 15 is 0 Å². The highest BCUT2D eigenvalue weighted by molar-refractivity contribution is 6.35. The molecule has 0 bridgehead atoms. The first-order valence-corrected chi connectivity index (χ1v) is 8.03. The van der Waals surface area contributed by atoms with Crippen molar-refractivity contribution in [2.24, 2.45) is 5.10 Å². The fourth-order valence-corrected chi connectivity index (χ4v) is 3.00. The summed E-state index contributed by atoms with van der Waals surface area (Å²) in [4.78, 5) is 12.1. The highest BCUT2D eigenvalue weighted by Crippen LogP contribution is 2.21. The molecule has 0 fully saturated rings.